The fourth-order valence-electron chi connectivity index (χ4n) is 4.40. The Morgan fingerprint density at radius 1 is 0.878 bits per heavy atom. The van der Waals surface area contributed by atoms with Gasteiger partial charge in [-0.2, -0.15) is 4.98 Å². The van der Waals surface area contributed by atoms with Gasteiger partial charge in [-0.1, -0.05) is 12.1 Å². The molecule has 5 N–H and O–H groups in total. The van der Waals surface area contributed by atoms with E-state index in [9.17, 15) is 14.0 Å². The first kappa shape index (κ1) is 27.5. The molecule has 10 nitrogen and oxygen atoms in total. The molecule has 0 saturated carbocycles. The van der Waals surface area contributed by atoms with Crippen LogP contribution in [0.5, 0.6) is 0 Å². The van der Waals surface area contributed by atoms with Crippen LogP contribution in [0.15, 0.2) is 79.0 Å². The van der Waals surface area contributed by atoms with Gasteiger partial charge in [0.2, 0.25) is 5.95 Å². The Labute approximate surface area is 237 Å². The maximum atomic E-state index is 13.1. The molecule has 2 heterocycles. The zero-order valence-electron chi connectivity index (χ0n) is 22.6. The van der Waals surface area contributed by atoms with E-state index in [4.69, 9.17) is 5.73 Å². The summed E-state index contributed by atoms with van der Waals surface area (Å²) in [6.45, 7) is 4.27. The van der Waals surface area contributed by atoms with Gasteiger partial charge in [0.05, 0.1) is 0 Å². The normalized spacial score (nSPS) is 13.5. The number of nitrogens with two attached hydrogens (primary N) is 1. The first-order chi connectivity index (χ1) is 19.8. The van der Waals surface area contributed by atoms with Crippen LogP contribution in [0.2, 0.25) is 0 Å². The highest BCUT2D eigenvalue weighted by molar-refractivity contribution is 5.98. The van der Waals surface area contributed by atoms with E-state index in [-0.39, 0.29) is 35.6 Å². The number of amides is 2. The Kier molecular flexibility index (Phi) is 8.35. The number of rotatable bonds is 9. The molecule has 3 aromatic carbocycles. The molecule has 1 aliphatic heterocycles. The van der Waals surface area contributed by atoms with E-state index in [1.165, 1.54) is 18.3 Å². The highest BCUT2D eigenvalue weighted by Gasteiger charge is 2.16. The minimum Gasteiger partial charge on any atom is -0.369 e. The van der Waals surface area contributed by atoms with Crippen LogP contribution < -0.4 is 26.6 Å². The Bertz CT molecular complexity index is 1500. The molecule has 0 aliphatic carbocycles. The molecule has 0 radical (unpaired) electrons. The topological polar surface area (TPSA) is 129 Å². The van der Waals surface area contributed by atoms with Gasteiger partial charge in [-0.05, 0) is 73.3 Å². The molecule has 0 unspecified atom stereocenters. The van der Waals surface area contributed by atoms with E-state index in [1.807, 2.05) is 24.3 Å². The molecule has 1 aromatic heterocycles. The van der Waals surface area contributed by atoms with E-state index in [2.05, 4.69) is 42.8 Å². The SMILES string of the molecule is CN1CCN(c2ccc(Nc3nc(Nc4ccc(C(=O)NCc5ccc(F)cc5)cc4)ncc3C(N)=O)cc2)CC1. The minimum atomic E-state index is -0.649. The van der Waals surface area contributed by atoms with Gasteiger partial charge in [0, 0.05) is 61.5 Å². The van der Waals surface area contributed by atoms with Crippen molar-refractivity contribution in [2.75, 3.05) is 48.8 Å². The molecule has 2 amide bonds. The van der Waals surface area contributed by atoms with Crippen LogP contribution in [-0.2, 0) is 6.54 Å². The van der Waals surface area contributed by atoms with Crippen LogP contribution in [0.3, 0.4) is 0 Å². The molecule has 1 saturated heterocycles. The lowest BCUT2D eigenvalue weighted by Gasteiger charge is -2.34. The van der Waals surface area contributed by atoms with Gasteiger partial charge >= 0.3 is 0 Å². The Balaban J connectivity index is 1.23. The fraction of sp³-hybridized carbons (Fsp3) is 0.200. The zero-order valence-corrected chi connectivity index (χ0v) is 22.6. The second-order valence-corrected chi connectivity index (χ2v) is 9.79. The van der Waals surface area contributed by atoms with Crippen molar-refractivity contribution in [1.82, 2.24) is 20.2 Å². The van der Waals surface area contributed by atoms with Gasteiger partial charge in [-0.15, -0.1) is 0 Å². The third-order valence-electron chi connectivity index (χ3n) is 6.82. The number of primary amides is 1. The van der Waals surface area contributed by atoms with Crippen molar-refractivity contribution in [3.05, 3.63) is 102 Å². The molecular weight excluding hydrogens is 523 g/mol. The van der Waals surface area contributed by atoms with E-state index in [0.717, 1.165) is 43.1 Å². The summed E-state index contributed by atoms with van der Waals surface area (Å²) in [5.74, 6) is -0.703. The van der Waals surface area contributed by atoms with Gasteiger partial charge in [0.1, 0.15) is 17.2 Å². The van der Waals surface area contributed by atoms with Gasteiger partial charge in [-0.25, -0.2) is 9.37 Å². The van der Waals surface area contributed by atoms with Crippen molar-refractivity contribution in [2.45, 2.75) is 6.54 Å². The maximum absolute atomic E-state index is 13.1. The minimum absolute atomic E-state index is 0.159. The summed E-state index contributed by atoms with van der Waals surface area (Å²) in [5, 5.41) is 9.08. The first-order valence-corrected chi connectivity index (χ1v) is 13.2. The van der Waals surface area contributed by atoms with Crippen LogP contribution in [0.1, 0.15) is 26.3 Å². The lowest BCUT2D eigenvalue weighted by Crippen LogP contribution is -2.44. The molecule has 11 heteroatoms. The number of carbonyl (C=O) groups excluding carboxylic acids is 2. The van der Waals surface area contributed by atoms with Crippen LogP contribution in [-0.4, -0.2) is 59.9 Å². The number of benzene rings is 3. The van der Waals surface area contributed by atoms with Crippen molar-refractivity contribution in [2.24, 2.45) is 5.73 Å². The summed E-state index contributed by atoms with van der Waals surface area (Å²) in [5.41, 5.74) is 9.53. The van der Waals surface area contributed by atoms with Crippen molar-refractivity contribution in [3.63, 3.8) is 0 Å². The highest BCUT2D eigenvalue weighted by Crippen LogP contribution is 2.24. The Hall–Kier alpha value is -5.03. The standard InChI is InChI=1S/C30H31FN8O2/c1-38-14-16-39(17-15-38)25-12-10-23(11-13-25)35-28-26(27(32)40)19-34-30(37-28)36-24-8-4-21(5-9-24)29(41)33-18-20-2-6-22(31)7-3-20/h2-13,19H,14-18H2,1H3,(H2,32,40)(H,33,41)(H2,34,35,36,37). The third kappa shape index (κ3) is 7.14. The van der Waals surface area contributed by atoms with Gasteiger partial charge < -0.3 is 31.5 Å². The molecule has 1 aliphatic rings. The third-order valence-corrected chi connectivity index (χ3v) is 6.82. The Morgan fingerprint density at radius 2 is 1.51 bits per heavy atom. The van der Waals surface area contributed by atoms with Crippen LogP contribution in [0.25, 0.3) is 0 Å². The van der Waals surface area contributed by atoms with Crippen molar-refractivity contribution < 1.29 is 14.0 Å². The van der Waals surface area contributed by atoms with Crippen molar-refractivity contribution >= 4 is 40.6 Å². The molecule has 0 bridgehead atoms. The number of piperazine rings is 1. The van der Waals surface area contributed by atoms with Crippen molar-refractivity contribution in [1.29, 1.82) is 0 Å². The summed E-state index contributed by atoms with van der Waals surface area (Å²) >= 11 is 0. The fourth-order valence-corrected chi connectivity index (χ4v) is 4.40. The average Bonchev–Trinajstić information content (AvgIpc) is 2.98. The summed E-state index contributed by atoms with van der Waals surface area (Å²) in [6, 6.07) is 20.7. The number of hydrogen-bond acceptors (Lipinski definition) is 8. The summed E-state index contributed by atoms with van der Waals surface area (Å²) in [7, 11) is 2.12. The largest absolute Gasteiger partial charge is 0.369 e. The predicted octanol–water partition coefficient (Wildman–Crippen LogP) is 3.88. The number of nitrogens with zero attached hydrogens (tertiary/aromatic N) is 4. The summed E-state index contributed by atoms with van der Waals surface area (Å²) in [6.07, 6.45) is 1.37. The maximum Gasteiger partial charge on any atom is 0.254 e. The second kappa shape index (κ2) is 12.4. The van der Waals surface area contributed by atoms with Crippen LogP contribution >= 0.6 is 0 Å². The number of likely N-dealkylation sites (N-methyl/N-ethyl adjacent to an activating group) is 1. The number of hydrogen-bond donors (Lipinski definition) is 4. The summed E-state index contributed by atoms with van der Waals surface area (Å²) in [4.78, 5) is 37.9. The molecule has 210 valence electrons. The van der Waals surface area contributed by atoms with Crippen LogP contribution in [0.4, 0.5) is 33.2 Å². The van der Waals surface area contributed by atoms with Gasteiger partial charge in [0.25, 0.3) is 11.8 Å². The predicted molar refractivity (Wildman–Crippen MR) is 157 cm³/mol. The average molecular weight is 555 g/mol. The molecule has 0 atom stereocenters. The van der Waals surface area contributed by atoms with Crippen molar-refractivity contribution in [3.8, 4) is 0 Å². The molecule has 5 rings (SSSR count). The molecular formula is C30H31FN8O2. The smallest absolute Gasteiger partial charge is 0.254 e. The zero-order chi connectivity index (χ0) is 28.8. The Morgan fingerprint density at radius 3 is 2.17 bits per heavy atom. The number of halogens is 1. The molecule has 0 spiro atoms. The highest BCUT2D eigenvalue weighted by atomic mass is 19.1. The van der Waals surface area contributed by atoms with E-state index < -0.39 is 5.91 Å². The van der Waals surface area contributed by atoms with Gasteiger partial charge in [-0.3, -0.25) is 9.59 Å². The molecule has 1 fully saturated rings. The summed E-state index contributed by atoms with van der Waals surface area (Å²) < 4.78 is 13.1. The number of nitrogens with one attached hydrogen (secondary N) is 3. The number of anilines is 5. The number of aromatic nitrogens is 2. The van der Waals surface area contributed by atoms with E-state index >= 15 is 0 Å². The molecule has 41 heavy (non-hydrogen) atoms. The van der Waals surface area contributed by atoms with Crippen LogP contribution in [0, 0.1) is 5.82 Å². The lowest BCUT2D eigenvalue weighted by molar-refractivity contribution is 0.0949. The van der Waals surface area contributed by atoms with Gasteiger partial charge in [0.15, 0.2) is 0 Å². The lowest BCUT2D eigenvalue weighted by atomic mass is 10.1. The monoisotopic (exact) mass is 554 g/mol. The van der Waals surface area contributed by atoms with E-state index in [1.54, 1.807) is 36.4 Å². The number of carbonyl (C=O) groups is 2. The molecule has 4 aromatic rings. The van der Waals surface area contributed by atoms with E-state index in [0.29, 0.717) is 11.3 Å². The quantitative estimate of drug-likeness (QED) is 0.245. The first-order valence-electron chi connectivity index (χ1n) is 13.2. The second-order valence-electron chi connectivity index (χ2n) is 9.79.